The molecule has 11 aliphatic heterocycles. The minimum Gasteiger partial charge on any atom is -0.394 e. The van der Waals surface area contributed by atoms with E-state index in [0.29, 0.717) is 0 Å². The van der Waals surface area contributed by atoms with E-state index >= 15 is 0 Å². The molecule has 11 fully saturated rings. The van der Waals surface area contributed by atoms with Crippen molar-refractivity contribution < 1.29 is 257 Å². The molecule has 0 spiro atoms. The second kappa shape index (κ2) is 43.3. The number of amides is 2. The van der Waals surface area contributed by atoms with Crippen LogP contribution in [0.5, 0.6) is 0 Å². The van der Waals surface area contributed by atoms with Gasteiger partial charge in [-0.25, -0.2) is 0 Å². The third-order valence-electron chi connectivity index (χ3n) is 23.6. The highest BCUT2D eigenvalue weighted by molar-refractivity contribution is 5.73. The number of carbonyl (C=O) groups is 2. The van der Waals surface area contributed by atoms with Crippen molar-refractivity contribution in [3.63, 3.8) is 0 Å². The summed E-state index contributed by atoms with van der Waals surface area (Å²) in [7, 11) is 0. The summed E-state index contributed by atoms with van der Waals surface area (Å²) >= 11 is 0. The smallest absolute Gasteiger partial charge is 0.217 e. The molecule has 720 valence electrons. The molecular weight excluding hydrogens is 1700 g/mol. The molecule has 0 aromatic heterocycles. The SMILES string of the molecule is CC(=O)N[C@@H]1[C@@H](O[C@@H]2O[C@@H](C)[C@@H](O)[C@@H](O)[C@@H]2O)[C@H](O[C@@H]2O[C@H](CO)[C@@H](O[C@@H]3O[C@H](CO)[C@@H](O[C@@H]4O[C@H](CO)[C@H](O)[C@H](O)[C@H]4O[C@@H]4O[C@@H](C)[C@@H](O)[C@@H](O)[C@@H]4O)[C@H](O[C@H]4O[C@H](CO)[C@@H](O[C@H]5O[C@H](CO)[C@H](O)[C@H](O)[C@H]5O)[C@H](O)[C@@H]4O)[C@@H]3O)[C@H](O[C@@H]3O[C@@H](C)[C@@H](O)[C@@H](O)[C@@H]3OC3O[C@H](CO)[C@H](O)[C@H](O)[C@H]3O)[C@H]2NC(C)=O)[C@@H](CO[C@@H]2O[C@@H](C)[C@@H](O)[C@@H](O)[C@@H]2O)O[C@H]1O. The van der Waals surface area contributed by atoms with Gasteiger partial charge in [-0.05, 0) is 27.7 Å². The van der Waals surface area contributed by atoms with Crippen molar-refractivity contribution in [1.29, 1.82) is 0 Å². The van der Waals surface area contributed by atoms with Crippen LogP contribution in [0.25, 0.3) is 0 Å². The summed E-state index contributed by atoms with van der Waals surface area (Å²) < 4.78 is 128. The van der Waals surface area contributed by atoms with E-state index in [-0.39, 0.29) is 0 Å². The van der Waals surface area contributed by atoms with Crippen molar-refractivity contribution in [1.82, 2.24) is 10.6 Å². The lowest BCUT2D eigenvalue weighted by atomic mass is 9.92. The summed E-state index contributed by atoms with van der Waals surface area (Å²) in [6.45, 7) is -1.64. The molecule has 11 aliphatic rings. The van der Waals surface area contributed by atoms with Crippen LogP contribution in [0.2, 0.25) is 0 Å². The molecule has 0 aromatic rings. The number of ether oxygens (including phenoxy) is 21. The Bertz CT molecular complexity index is 3310. The van der Waals surface area contributed by atoms with Crippen molar-refractivity contribution >= 4 is 11.8 Å². The molecule has 55 atom stereocenters. The van der Waals surface area contributed by atoms with E-state index < -0.39 is 396 Å². The Kier molecular flexibility index (Phi) is 35.4. The van der Waals surface area contributed by atoms with Crippen LogP contribution in [0.3, 0.4) is 0 Å². The zero-order valence-electron chi connectivity index (χ0n) is 67.1. The summed E-state index contributed by atoms with van der Waals surface area (Å²) in [5.41, 5.74) is 0. The van der Waals surface area contributed by atoms with Gasteiger partial charge in [0.2, 0.25) is 11.8 Å². The standard InChI is InChI=1S/C70H118N2O52/c1-14-29(81)36(88)44(96)62(105-14)104-13-26-54(55(27(60(103)109-26)71-18(5)79)120-63-45(97)37(89)30(82)15(2)106-63)117-61-28(72-19(6)80)56(121-69-58(41(93)32(84)17(4)108-69)124-66-48(100)40(92)34(86)21(8-74)111-66)52(24(11-77)113-61)118-68-50(102)57(122-67-49(101)43(95)51(23(10-76)114-67)116-65-47(99)39(91)33(85)20(7-73)110-65)53(25(12-78)115-68)119-70-59(42(94)35(87)22(9-75)112-70)123-64-46(98)38(90)31(83)16(3)107-64/h14-17,20-70,73-78,81-103H,7-13H2,1-6H3,(H,71,79)(H,72,80)/t14-,15-,16-,17-,20+,21+,22+,23+,24+,25+,26+,27+,28+,29+,30+,31+,32+,33-,34-,35-,36+,37+,38+,39-,40-,41+,42-,43+,44-,45-,46-,47+,48+,49-,50-,51+,52+,53+,54+,55+,56+,57+,58-,59+,60+,61-,62+,63-,64-,65+,66?,67+,68-,69-,70-/m0/s1. The van der Waals surface area contributed by atoms with Crippen molar-refractivity contribution in [2.24, 2.45) is 0 Å². The van der Waals surface area contributed by atoms with Gasteiger partial charge in [0.05, 0.1) is 70.7 Å². The van der Waals surface area contributed by atoms with Gasteiger partial charge in [-0.1, -0.05) is 0 Å². The monoisotopic (exact) mass is 1820 g/mol. The number of aliphatic hydroxyl groups is 29. The quantitative estimate of drug-likeness (QED) is 0.0331. The predicted octanol–water partition coefficient (Wildman–Crippen LogP) is -20.6. The molecule has 11 saturated heterocycles. The zero-order chi connectivity index (χ0) is 91.1. The van der Waals surface area contributed by atoms with E-state index in [1.807, 2.05) is 0 Å². The number of rotatable bonds is 29. The van der Waals surface area contributed by atoms with Gasteiger partial charge in [0.1, 0.15) is 244 Å². The maximum atomic E-state index is 14.2. The van der Waals surface area contributed by atoms with E-state index in [1.54, 1.807) is 0 Å². The minimum absolute atomic E-state index is 0.866. The molecule has 0 bridgehead atoms. The van der Waals surface area contributed by atoms with Crippen molar-refractivity contribution in [2.75, 3.05) is 46.2 Å². The molecule has 0 aromatic carbocycles. The summed E-state index contributed by atoms with van der Waals surface area (Å²) in [5, 5.41) is 330. The first-order valence-corrected chi connectivity index (χ1v) is 40.1. The van der Waals surface area contributed by atoms with E-state index in [2.05, 4.69) is 10.6 Å². The van der Waals surface area contributed by atoms with Crippen LogP contribution in [0.4, 0.5) is 0 Å². The number of aliphatic hydroxyl groups excluding tert-OH is 29. The predicted molar refractivity (Wildman–Crippen MR) is 380 cm³/mol. The van der Waals surface area contributed by atoms with Crippen LogP contribution < -0.4 is 10.6 Å². The molecule has 0 aliphatic carbocycles. The lowest BCUT2D eigenvalue weighted by Gasteiger charge is -2.53. The summed E-state index contributed by atoms with van der Waals surface area (Å²) in [6.07, 6.45) is -112. The first kappa shape index (κ1) is 101. The highest BCUT2D eigenvalue weighted by Gasteiger charge is 2.63. The molecule has 31 N–H and O–H groups in total. The van der Waals surface area contributed by atoms with Gasteiger partial charge in [-0.3, -0.25) is 9.59 Å². The van der Waals surface area contributed by atoms with Gasteiger partial charge in [0.25, 0.3) is 0 Å². The second-order valence-electron chi connectivity index (χ2n) is 32.2. The summed E-state index contributed by atoms with van der Waals surface area (Å²) in [5.74, 6) is -2.09. The van der Waals surface area contributed by atoms with Gasteiger partial charge < -0.3 is 258 Å². The first-order chi connectivity index (χ1) is 58.5. The van der Waals surface area contributed by atoms with Gasteiger partial charge in [0, 0.05) is 13.8 Å². The molecule has 54 heteroatoms. The molecule has 0 radical (unpaired) electrons. The molecular formula is C70H118N2O52. The fourth-order valence-electron chi connectivity index (χ4n) is 16.4. The van der Waals surface area contributed by atoms with Gasteiger partial charge in [0.15, 0.2) is 69.2 Å². The highest BCUT2D eigenvalue weighted by atomic mass is 16.8. The average molecular weight is 1820 g/mol. The molecule has 124 heavy (non-hydrogen) atoms. The summed E-state index contributed by atoms with van der Waals surface area (Å²) in [4.78, 5) is 27.5. The average Bonchev–Trinajstić information content (AvgIpc) is 0.663. The van der Waals surface area contributed by atoms with E-state index in [1.165, 1.54) is 20.8 Å². The molecule has 2 amide bonds. The van der Waals surface area contributed by atoms with Gasteiger partial charge in [-0.2, -0.15) is 0 Å². The number of nitrogens with one attached hydrogen (secondary N) is 2. The zero-order valence-corrected chi connectivity index (χ0v) is 67.1. The molecule has 1 unspecified atom stereocenters. The van der Waals surface area contributed by atoms with E-state index in [4.69, 9.17) is 99.5 Å². The van der Waals surface area contributed by atoms with Crippen molar-refractivity contribution in [3.8, 4) is 0 Å². The Balaban J connectivity index is 1.03. The van der Waals surface area contributed by atoms with Crippen LogP contribution in [-0.2, 0) is 109 Å². The van der Waals surface area contributed by atoms with E-state index in [0.717, 1.165) is 20.8 Å². The topological polar surface area (TPSA) is 839 Å². The minimum atomic E-state index is -2.75. The lowest BCUT2D eigenvalue weighted by molar-refractivity contribution is -0.417. The molecule has 11 rings (SSSR count). The fraction of sp³-hybridized carbons (Fsp3) is 0.971. The van der Waals surface area contributed by atoms with Gasteiger partial charge in [-0.15, -0.1) is 0 Å². The number of hydrogen-bond donors (Lipinski definition) is 31. The lowest BCUT2D eigenvalue weighted by Crippen LogP contribution is -2.73. The van der Waals surface area contributed by atoms with Crippen LogP contribution in [0, 0.1) is 0 Å². The van der Waals surface area contributed by atoms with Crippen LogP contribution >= 0.6 is 0 Å². The Morgan fingerprint density at radius 2 is 0.476 bits per heavy atom. The third-order valence-corrected chi connectivity index (χ3v) is 23.6. The van der Waals surface area contributed by atoms with Gasteiger partial charge >= 0.3 is 0 Å². The maximum absolute atomic E-state index is 14.2. The van der Waals surface area contributed by atoms with E-state index in [9.17, 15) is 158 Å². The number of carbonyl (C=O) groups excluding carboxylic acids is 2. The Morgan fingerprint density at radius 3 is 0.927 bits per heavy atom. The Hall–Kier alpha value is -3.06. The fourth-order valence-corrected chi connectivity index (χ4v) is 16.4. The largest absolute Gasteiger partial charge is 0.394 e. The highest BCUT2D eigenvalue weighted by Crippen LogP contribution is 2.43. The molecule has 11 heterocycles. The van der Waals surface area contributed by atoms with Crippen LogP contribution in [-0.4, -0.2) is 544 Å². The van der Waals surface area contributed by atoms with Crippen LogP contribution in [0.15, 0.2) is 0 Å². The van der Waals surface area contributed by atoms with Crippen molar-refractivity contribution in [3.05, 3.63) is 0 Å². The summed E-state index contributed by atoms with van der Waals surface area (Å²) in [6, 6.07) is -4.24. The molecule has 54 nitrogen and oxygen atoms in total. The second-order valence-corrected chi connectivity index (χ2v) is 32.2. The van der Waals surface area contributed by atoms with Crippen molar-refractivity contribution in [2.45, 2.75) is 379 Å². The normalized spacial score (nSPS) is 53.0. The third kappa shape index (κ3) is 21.4. The number of hydrogen-bond acceptors (Lipinski definition) is 52. The Morgan fingerprint density at radius 1 is 0.226 bits per heavy atom. The molecule has 0 saturated carbocycles. The maximum Gasteiger partial charge on any atom is 0.217 e. The first-order valence-electron chi connectivity index (χ1n) is 40.1. The Labute approximate surface area is 703 Å². The van der Waals surface area contributed by atoms with Crippen LogP contribution in [0.1, 0.15) is 41.5 Å².